The van der Waals surface area contributed by atoms with Gasteiger partial charge in [0.25, 0.3) is 0 Å². The van der Waals surface area contributed by atoms with Gasteiger partial charge in [0.05, 0.1) is 5.69 Å². The standard InChI is InChI=1S/C13H16N4O5S/c1-16(2)23(20,21)10-6-5-8(11-12(10)15-22-14-11)17-7-3-4-9(17)13(18)19/h5-6,9H,3-4,7H2,1-2H3,(H,18,19)/t9-/m1/s1. The minimum absolute atomic E-state index is 0.0198. The number of aliphatic carboxylic acids is 1. The number of nitrogens with zero attached hydrogens (tertiary/aromatic N) is 4. The average molecular weight is 340 g/mol. The molecule has 1 N–H and O–H groups in total. The van der Waals surface area contributed by atoms with Gasteiger partial charge < -0.3 is 10.0 Å². The van der Waals surface area contributed by atoms with Crippen molar-refractivity contribution >= 4 is 32.7 Å². The van der Waals surface area contributed by atoms with Crippen LogP contribution in [0.1, 0.15) is 12.8 Å². The molecular formula is C13H16N4O5S. The van der Waals surface area contributed by atoms with E-state index in [1.165, 1.54) is 20.2 Å². The van der Waals surface area contributed by atoms with Gasteiger partial charge in [-0.05, 0) is 35.3 Å². The number of carboxylic acids is 1. The quantitative estimate of drug-likeness (QED) is 0.856. The molecule has 9 nitrogen and oxygen atoms in total. The van der Waals surface area contributed by atoms with Crippen LogP contribution in [0.4, 0.5) is 5.69 Å². The molecule has 1 fully saturated rings. The maximum Gasteiger partial charge on any atom is 0.326 e. The van der Waals surface area contributed by atoms with E-state index in [1.54, 1.807) is 11.0 Å². The van der Waals surface area contributed by atoms with E-state index < -0.39 is 22.0 Å². The lowest BCUT2D eigenvalue weighted by Gasteiger charge is -2.24. The average Bonchev–Trinajstić information content (AvgIpc) is 3.14. The number of carboxylic acid groups (broad SMARTS) is 1. The highest BCUT2D eigenvalue weighted by molar-refractivity contribution is 7.89. The van der Waals surface area contributed by atoms with E-state index in [2.05, 4.69) is 10.3 Å². The smallest absolute Gasteiger partial charge is 0.326 e. The zero-order valence-corrected chi connectivity index (χ0v) is 13.4. The predicted octanol–water partition coefficient (Wildman–Crippen LogP) is 0.527. The molecule has 1 saturated heterocycles. The van der Waals surface area contributed by atoms with Crippen LogP contribution in [0.3, 0.4) is 0 Å². The van der Waals surface area contributed by atoms with Gasteiger partial charge in [0.15, 0.2) is 11.0 Å². The Kier molecular flexibility index (Phi) is 3.72. The number of sulfonamides is 1. The number of anilines is 1. The molecule has 2 heterocycles. The second-order valence-corrected chi connectivity index (χ2v) is 7.64. The Balaban J connectivity index is 2.16. The predicted molar refractivity (Wildman–Crippen MR) is 80.7 cm³/mol. The van der Waals surface area contributed by atoms with Crippen LogP contribution in [0.15, 0.2) is 21.7 Å². The number of hydrogen-bond acceptors (Lipinski definition) is 7. The van der Waals surface area contributed by atoms with Crippen molar-refractivity contribution < 1.29 is 22.9 Å². The first kappa shape index (κ1) is 15.7. The van der Waals surface area contributed by atoms with Gasteiger partial charge in [-0.2, -0.15) is 0 Å². The SMILES string of the molecule is CN(C)S(=O)(=O)c1ccc(N2CCC[C@@H]2C(=O)O)c2nonc12. The van der Waals surface area contributed by atoms with Crippen molar-refractivity contribution in [3.63, 3.8) is 0 Å². The maximum absolute atomic E-state index is 12.4. The molecule has 1 aliphatic heterocycles. The lowest BCUT2D eigenvalue weighted by molar-refractivity contribution is -0.138. The Hall–Kier alpha value is -2.20. The third-order valence-corrected chi connectivity index (χ3v) is 5.81. The lowest BCUT2D eigenvalue weighted by atomic mass is 10.2. The van der Waals surface area contributed by atoms with E-state index in [-0.39, 0.29) is 15.9 Å². The third kappa shape index (κ3) is 2.43. The molecule has 0 unspecified atom stereocenters. The number of rotatable bonds is 4. The largest absolute Gasteiger partial charge is 0.480 e. The van der Waals surface area contributed by atoms with Gasteiger partial charge in [0.1, 0.15) is 10.9 Å². The summed E-state index contributed by atoms with van der Waals surface area (Å²) < 4.78 is 30.5. The molecule has 2 aromatic rings. The summed E-state index contributed by atoms with van der Waals surface area (Å²) in [6.45, 7) is 0.554. The van der Waals surface area contributed by atoms with Gasteiger partial charge in [0, 0.05) is 20.6 Å². The number of fused-ring (bicyclic) bond motifs is 1. The van der Waals surface area contributed by atoms with Crippen LogP contribution in [0.2, 0.25) is 0 Å². The van der Waals surface area contributed by atoms with Crippen molar-refractivity contribution in [3.8, 4) is 0 Å². The number of benzene rings is 1. The molecule has 3 rings (SSSR count). The molecule has 10 heteroatoms. The Morgan fingerprint density at radius 1 is 1.35 bits per heavy atom. The van der Waals surface area contributed by atoms with Crippen molar-refractivity contribution in [2.45, 2.75) is 23.8 Å². The minimum atomic E-state index is -3.71. The summed E-state index contributed by atoms with van der Waals surface area (Å²) in [5, 5.41) is 16.8. The van der Waals surface area contributed by atoms with Gasteiger partial charge in [-0.25, -0.2) is 22.1 Å². The van der Waals surface area contributed by atoms with E-state index in [0.29, 0.717) is 18.7 Å². The second kappa shape index (κ2) is 5.46. The molecular weight excluding hydrogens is 324 g/mol. The van der Waals surface area contributed by atoms with Crippen LogP contribution in [0, 0.1) is 0 Å². The summed E-state index contributed by atoms with van der Waals surface area (Å²) in [6.07, 6.45) is 1.27. The molecule has 1 aromatic heterocycles. The minimum Gasteiger partial charge on any atom is -0.480 e. The van der Waals surface area contributed by atoms with Gasteiger partial charge in [-0.15, -0.1) is 0 Å². The zero-order valence-electron chi connectivity index (χ0n) is 12.6. The first-order chi connectivity index (χ1) is 10.8. The van der Waals surface area contributed by atoms with E-state index >= 15 is 0 Å². The van der Waals surface area contributed by atoms with Crippen LogP contribution in [-0.4, -0.2) is 60.8 Å². The normalized spacial score (nSPS) is 18.9. The van der Waals surface area contributed by atoms with Crippen molar-refractivity contribution in [2.24, 2.45) is 0 Å². The van der Waals surface area contributed by atoms with Crippen LogP contribution in [0.5, 0.6) is 0 Å². The third-order valence-electron chi connectivity index (χ3n) is 3.96. The first-order valence-corrected chi connectivity index (χ1v) is 8.45. The highest BCUT2D eigenvalue weighted by atomic mass is 32.2. The molecule has 0 saturated carbocycles. The van der Waals surface area contributed by atoms with Crippen LogP contribution < -0.4 is 4.90 Å². The summed E-state index contributed by atoms with van der Waals surface area (Å²) in [5.41, 5.74) is 0.872. The van der Waals surface area contributed by atoms with Crippen molar-refractivity contribution in [1.29, 1.82) is 0 Å². The number of carbonyl (C=O) groups is 1. The molecule has 0 spiro atoms. The molecule has 1 aliphatic rings. The molecule has 0 amide bonds. The Bertz CT molecular complexity index is 860. The molecule has 1 atom stereocenters. The lowest BCUT2D eigenvalue weighted by Crippen LogP contribution is -2.36. The fourth-order valence-corrected chi connectivity index (χ4v) is 3.79. The monoisotopic (exact) mass is 340 g/mol. The fraction of sp³-hybridized carbons (Fsp3) is 0.462. The number of aromatic nitrogens is 2. The highest BCUT2D eigenvalue weighted by Crippen LogP contribution is 2.34. The van der Waals surface area contributed by atoms with Crippen molar-refractivity contribution in [1.82, 2.24) is 14.6 Å². The second-order valence-electron chi connectivity index (χ2n) is 5.52. The van der Waals surface area contributed by atoms with Gasteiger partial charge in [-0.3, -0.25) is 0 Å². The first-order valence-electron chi connectivity index (χ1n) is 7.01. The van der Waals surface area contributed by atoms with Gasteiger partial charge in [-0.1, -0.05) is 0 Å². The molecule has 0 radical (unpaired) electrons. The molecule has 0 bridgehead atoms. The molecule has 1 aromatic carbocycles. The summed E-state index contributed by atoms with van der Waals surface area (Å²) in [4.78, 5) is 13.0. The van der Waals surface area contributed by atoms with Gasteiger partial charge in [0.2, 0.25) is 10.0 Å². The molecule has 124 valence electrons. The van der Waals surface area contributed by atoms with E-state index in [1.807, 2.05) is 0 Å². The van der Waals surface area contributed by atoms with Crippen molar-refractivity contribution in [3.05, 3.63) is 12.1 Å². The highest BCUT2D eigenvalue weighted by Gasteiger charge is 2.34. The Morgan fingerprint density at radius 2 is 2.04 bits per heavy atom. The van der Waals surface area contributed by atoms with Crippen LogP contribution in [0.25, 0.3) is 11.0 Å². The summed E-state index contributed by atoms with van der Waals surface area (Å²) >= 11 is 0. The maximum atomic E-state index is 12.4. The van der Waals surface area contributed by atoms with Crippen LogP contribution in [-0.2, 0) is 14.8 Å². The van der Waals surface area contributed by atoms with E-state index in [4.69, 9.17) is 4.63 Å². The molecule has 0 aliphatic carbocycles. The van der Waals surface area contributed by atoms with Crippen LogP contribution >= 0.6 is 0 Å². The van der Waals surface area contributed by atoms with Crippen molar-refractivity contribution in [2.75, 3.05) is 25.5 Å². The fourth-order valence-electron chi connectivity index (χ4n) is 2.78. The summed E-state index contributed by atoms with van der Waals surface area (Å²) in [5.74, 6) is -0.919. The Labute approximate surface area is 132 Å². The summed E-state index contributed by atoms with van der Waals surface area (Å²) in [7, 11) is -0.867. The zero-order chi connectivity index (χ0) is 16.8. The van der Waals surface area contributed by atoms with E-state index in [0.717, 1.165) is 10.7 Å². The topological polar surface area (TPSA) is 117 Å². The summed E-state index contributed by atoms with van der Waals surface area (Å²) in [6, 6.07) is 2.31. The molecule has 23 heavy (non-hydrogen) atoms. The van der Waals surface area contributed by atoms with Gasteiger partial charge >= 0.3 is 5.97 Å². The Morgan fingerprint density at radius 3 is 2.70 bits per heavy atom. The number of hydrogen-bond donors (Lipinski definition) is 1. The van der Waals surface area contributed by atoms with E-state index in [9.17, 15) is 18.3 Å².